The summed E-state index contributed by atoms with van der Waals surface area (Å²) in [6.45, 7) is 23.7. The lowest BCUT2D eigenvalue weighted by Crippen LogP contribution is -2.59. The molecule has 2 heterocycles. The molecule has 87 heavy (non-hydrogen) atoms. The number of hydrogen-bond acceptors (Lipinski definition) is 18. The molecule has 2 aromatic heterocycles. The highest BCUT2D eigenvalue weighted by Gasteiger charge is 2.46. The second-order valence-electron chi connectivity index (χ2n) is 27.3. The number of rotatable bonds is 15. The molecular formula is C63H72N12O12. The van der Waals surface area contributed by atoms with Crippen LogP contribution in [0.5, 0.6) is 0 Å². The van der Waals surface area contributed by atoms with Gasteiger partial charge >= 0.3 is 34.1 Å². The van der Waals surface area contributed by atoms with Gasteiger partial charge in [0.2, 0.25) is 36.5 Å². The Balaban J connectivity index is 0.000000254. The van der Waals surface area contributed by atoms with Crippen LogP contribution in [0.25, 0.3) is 17.1 Å². The van der Waals surface area contributed by atoms with Crippen molar-refractivity contribution in [3.05, 3.63) is 134 Å². The Hall–Kier alpha value is -9.24. The van der Waals surface area contributed by atoms with Crippen molar-refractivity contribution >= 4 is 53.5 Å². The molecule has 0 radical (unpaired) electrons. The molecule has 0 saturated heterocycles. The number of aryl methyl sites for hydroxylation is 3. The quantitative estimate of drug-likeness (QED) is 0.0713. The first-order chi connectivity index (χ1) is 40.8. The molecule has 456 valence electrons. The average Bonchev–Trinajstić information content (AvgIpc) is 0.781. The van der Waals surface area contributed by atoms with E-state index in [-0.39, 0.29) is 88.1 Å². The van der Waals surface area contributed by atoms with Crippen molar-refractivity contribution in [2.45, 2.75) is 179 Å². The van der Waals surface area contributed by atoms with E-state index in [0.29, 0.717) is 74.5 Å². The van der Waals surface area contributed by atoms with Crippen LogP contribution >= 0.6 is 0 Å². The number of hydrogen-bond donors (Lipinski definition) is 0. The average molecular weight is 1190 g/mol. The molecule has 24 nitrogen and oxygen atoms in total. The molecule has 0 N–H and O–H groups in total. The topological polar surface area (TPSA) is 309 Å². The smallest absolute Gasteiger partial charge is 0.247 e. The van der Waals surface area contributed by atoms with Crippen LogP contribution in [0, 0.1) is 53.3 Å². The van der Waals surface area contributed by atoms with Gasteiger partial charge in [-0.3, -0.25) is 0 Å². The van der Waals surface area contributed by atoms with Crippen LogP contribution in [0.15, 0.2) is 113 Å². The monoisotopic (exact) mass is 1190 g/mol. The second kappa shape index (κ2) is 25.4. The summed E-state index contributed by atoms with van der Waals surface area (Å²) in [5, 5.41) is 0. The van der Waals surface area contributed by atoms with E-state index in [2.05, 4.69) is 71.5 Å². The first-order valence-electron chi connectivity index (χ1n) is 28.5. The van der Waals surface area contributed by atoms with Crippen molar-refractivity contribution in [2.75, 3.05) is 0 Å². The van der Waals surface area contributed by atoms with Crippen LogP contribution < -0.4 is 34.1 Å². The normalized spacial score (nSPS) is 23.2. The van der Waals surface area contributed by atoms with Crippen molar-refractivity contribution in [2.24, 2.45) is 62.4 Å². The van der Waals surface area contributed by atoms with E-state index in [1.54, 1.807) is 57.2 Å². The molecule has 3 saturated carbocycles. The van der Waals surface area contributed by atoms with Gasteiger partial charge in [0.1, 0.15) is 0 Å². The molecule has 0 bridgehead atoms. The standard InChI is InChI=1S/C36H54N6O6.C27H18N6O6/c1-31(2)10-25(37-22-43)13-34(7,16-31)19-40-28(46)41(20-35(8)14-26(38-23-44)11-32(3,4)17-35)30(48)42(29(40)47)21-36(9)15-27(39-24-45)12-33(5,6)18-36;1-16-4-7-19(10-22(16)28-13-34)31-25(37)32(20-8-5-17(2)23(11-20)29-14-35)27(39)33(26(31)38)21-9-6-18(3)24(12-21)30-15-36/h25-27H,10-21H2,1-9H3;4-12H,1-3H3. The Labute approximate surface area is 500 Å². The van der Waals surface area contributed by atoms with E-state index in [4.69, 9.17) is 0 Å². The van der Waals surface area contributed by atoms with E-state index in [9.17, 15) is 57.5 Å². The van der Waals surface area contributed by atoms with Gasteiger partial charge in [-0.1, -0.05) is 80.5 Å². The van der Waals surface area contributed by atoms with E-state index < -0.39 is 50.4 Å². The van der Waals surface area contributed by atoms with Crippen LogP contribution in [0.2, 0.25) is 0 Å². The Morgan fingerprint density at radius 2 is 0.609 bits per heavy atom. The van der Waals surface area contributed by atoms with Gasteiger partial charge in [-0.15, -0.1) is 0 Å². The summed E-state index contributed by atoms with van der Waals surface area (Å²) >= 11 is 0. The molecule has 3 fully saturated rings. The third-order valence-electron chi connectivity index (χ3n) is 17.0. The number of aliphatic imine (C=N–C) groups is 6. The van der Waals surface area contributed by atoms with E-state index >= 15 is 0 Å². The van der Waals surface area contributed by atoms with Gasteiger partial charge in [0, 0.05) is 19.6 Å². The molecule has 0 aliphatic heterocycles. The van der Waals surface area contributed by atoms with Gasteiger partial charge in [-0.05, 0) is 164 Å². The van der Waals surface area contributed by atoms with Gasteiger partial charge < -0.3 is 0 Å². The maximum absolute atomic E-state index is 14.4. The van der Waals surface area contributed by atoms with Gasteiger partial charge in [-0.25, -0.2) is 99.9 Å². The number of nitrogens with zero attached hydrogens (tertiary/aromatic N) is 12. The first kappa shape index (κ1) is 65.3. The minimum Gasteiger partial charge on any atom is -0.247 e. The van der Waals surface area contributed by atoms with Crippen LogP contribution in [-0.2, 0) is 48.4 Å². The Morgan fingerprint density at radius 1 is 0.368 bits per heavy atom. The first-order valence-corrected chi connectivity index (χ1v) is 28.5. The molecule has 3 aromatic carbocycles. The third-order valence-corrected chi connectivity index (χ3v) is 17.0. The van der Waals surface area contributed by atoms with Crippen LogP contribution in [-0.4, -0.2) is 82.0 Å². The minimum absolute atomic E-state index is 0.0172. The number of benzene rings is 3. The van der Waals surface area contributed by atoms with Crippen LogP contribution in [0.4, 0.5) is 17.1 Å². The molecule has 6 atom stereocenters. The summed E-state index contributed by atoms with van der Waals surface area (Å²) in [5.74, 6) is 0. The molecule has 24 heteroatoms. The van der Waals surface area contributed by atoms with Gasteiger partial charge in [0.15, 0.2) is 0 Å². The van der Waals surface area contributed by atoms with Gasteiger partial charge in [-0.2, -0.15) is 15.0 Å². The minimum atomic E-state index is -1.03. The second-order valence-corrected chi connectivity index (χ2v) is 27.3. The largest absolute Gasteiger partial charge is 0.345 e. The fraction of sp³-hybridized carbons (Fsp3) is 0.524. The van der Waals surface area contributed by atoms with Crippen LogP contribution in [0.3, 0.4) is 0 Å². The molecule has 5 aromatic rings. The van der Waals surface area contributed by atoms with Crippen molar-refractivity contribution in [1.82, 2.24) is 27.4 Å². The molecule has 0 amide bonds. The summed E-state index contributed by atoms with van der Waals surface area (Å²) in [6, 6.07) is 12.1. The lowest BCUT2D eigenvalue weighted by Gasteiger charge is -2.46. The molecule has 8 rings (SSSR count). The fourth-order valence-corrected chi connectivity index (χ4v) is 14.8. The fourth-order valence-electron chi connectivity index (χ4n) is 14.8. The predicted molar refractivity (Wildman–Crippen MR) is 323 cm³/mol. The molecule has 3 aliphatic carbocycles. The highest BCUT2D eigenvalue weighted by atomic mass is 16.2. The molecular weight excluding hydrogens is 1120 g/mol. The molecule has 3 aliphatic rings. The van der Waals surface area contributed by atoms with E-state index in [1.165, 1.54) is 68.3 Å². The number of isocyanates is 6. The summed E-state index contributed by atoms with van der Waals surface area (Å²) < 4.78 is 5.82. The number of carbonyl (C=O) groups excluding carboxylic acids is 6. The summed E-state index contributed by atoms with van der Waals surface area (Å²) in [7, 11) is 0. The molecule has 0 spiro atoms. The number of aromatic nitrogens is 6. The Morgan fingerprint density at radius 3 is 0.828 bits per heavy atom. The zero-order valence-electron chi connectivity index (χ0n) is 51.2. The summed E-state index contributed by atoms with van der Waals surface area (Å²) in [6.07, 6.45) is 15.0. The lowest BCUT2D eigenvalue weighted by atomic mass is 9.62. The molecule has 6 unspecified atom stereocenters. The highest BCUT2D eigenvalue weighted by molar-refractivity contribution is 5.60. The van der Waals surface area contributed by atoms with Gasteiger partial charge in [0.05, 0.1) is 52.2 Å². The van der Waals surface area contributed by atoms with Crippen molar-refractivity contribution in [3.8, 4) is 17.1 Å². The van der Waals surface area contributed by atoms with Crippen molar-refractivity contribution in [1.29, 1.82) is 0 Å². The predicted octanol–water partition coefficient (Wildman–Crippen LogP) is 7.90. The lowest BCUT2D eigenvalue weighted by molar-refractivity contribution is 0.0519. The highest BCUT2D eigenvalue weighted by Crippen LogP contribution is 2.50. The van der Waals surface area contributed by atoms with Gasteiger partial charge in [0.25, 0.3) is 0 Å². The van der Waals surface area contributed by atoms with Crippen molar-refractivity contribution in [3.63, 3.8) is 0 Å². The summed E-state index contributed by atoms with van der Waals surface area (Å²) in [4.78, 5) is 174. The van der Waals surface area contributed by atoms with Crippen molar-refractivity contribution < 1.29 is 28.8 Å². The zero-order valence-corrected chi connectivity index (χ0v) is 51.2. The SMILES string of the molecule is CC1(C)CC(N=C=O)CC(C)(Cn2c(=O)n(CC3(C)CC(N=C=O)CC(C)(C)C3)c(=O)n(CC3(C)CC(N=C=O)CC(C)(C)C3)c2=O)C1.Cc1ccc(-n2c(=O)n(-c3ccc(C)c(N=C=O)c3)c(=O)n(-c3ccc(C)c(N=C=O)c3)c2=O)cc1N=C=O. The van der Waals surface area contributed by atoms with E-state index in [0.717, 1.165) is 13.7 Å². The maximum atomic E-state index is 14.4. The maximum Gasteiger partial charge on any atom is 0.345 e. The Kier molecular flexibility index (Phi) is 19.0. The summed E-state index contributed by atoms with van der Waals surface area (Å²) in [5.41, 5.74) is -5.18. The van der Waals surface area contributed by atoms with Crippen LogP contribution in [0.1, 0.15) is 137 Å². The van der Waals surface area contributed by atoms with E-state index in [1.807, 2.05) is 20.8 Å². The third kappa shape index (κ3) is 14.7. The Bertz CT molecular complexity index is 3770. The zero-order chi connectivity index (χ0) is 64.2.